The number of amides is 1. The zero-order valence-electron chi connectivity index (χ0n) is 76.0. The maximum Gasteiger partial charge on any atom is 0.318 e. The monoisotopic (exact) mass is 2010 g/mol. The molecule has 710 valence electrons. The number of rotatable bonds is 32. The van der Waals surface area contributed by atoms with E-state index in [0.29, 0.717) is 185 Å². The number of aromatic nitrogens is 18. The van der Waals surface area contributed by atoms with E-state index in [4.69, 9.17) is 57.7 Å². The highest BCUT2D eigenvalue weighted by Crippen LogP contribution is 2.43. The summed E-state index contributed by atoms with van der Waals surface area (Å²) in [6, 6.07) is 28.8. The number of oxazole rings is 1. The van der Waals surface area contributed by atoms with E-state index in [1.807, 2.05) is 143 Å². The quantitative estimate of drug-likeness (QED) is 0.0383. The molecule has 15 heterocycles. The fourth-order valence-corrected chi connectivity index (χ4v) is 22.4. The largest absolute Gasteiger partial charge is 0.491 e. The highest BCUT2D eigenvalue weighted by Gasteiger charge is 2.34. The molecule has 0 spiro atoms. The molecule has 3 aliphatic rings. The number of pyridine rings is 1. The summed E-state index contributed by atoms with van der Waals surface area (Å²) in [6.45, 7) is 14.9. The standard InChI is InChI=1S/C21H23N5O3S2.C21H22N4O4S2.C18H20N4O3S.C16H11N5OS3.C14H20N4O4S/c1-4-10-31(27)21-24-18-17(15-6-5-7-16(11-15)29-9-8-28-3)23-20(25-19(18)30-21)26-12-14(2)22-13-26;1-3-12-31(26)21-16(22)15-17(13-4-6-14(7-5-13)28-10-9-27-2)24-18(25-19(15)29-21)20-23-8-11-30-20;1-5-10-26(24)18-20-13-14(17(23)22(3)4)19-15(21-16(13)25-18)12-8-6-11(2)7-9-12;22-25(9-4-5-9)16-20-12-11(10-3-1-2-6-17-10)19-13(21-14(12)24-16)15-18-7-8-23-15;1-20-7-8-23(19)11-9-10-12(16-11)13(17-14(15-10)21-2)18-3-5-22-6-4-18/h5-7,11-13H,4,8-10H2,1-3H3;4-8,11H,3,9-10,12,22H2,1-2H3;6-9H,5,10H2,1-4H3;1-3,6-9H,4-5H2;3-9H2,1-2H3. The Morgan fingerprint density at radius 1 is 0.566 bits per heavy atom. The van der Waals surface area contributed by atoms with Gasteiger partial charge < -0.3 is 57.5 Å². The zero-order chi connectivity index (χ0) is 95.5. The summed E-state index contributed by atoms with van der Waals surface area (Å²) in [7, 11) is 3.57. The van der Waals surface area contributed by atoms with Gasteiger partial charge >= 0.3 is 6.01 Å². The number of morpholine rings is 1. The van der Waals surface area contributed by atoms with Crippen molar-refractivity contribution in [3.63, 3.8) is 0 Å². The van der Waals surface area contributed by atoms with Gasteiger partial charge in [0.1, 0.15) is 79.8 Å². The molecule has 19 rings (SSSR count). The fourth-order valence-electron chi connectivity index (χ4n) is 13.3. The van der Waals surface area contributed by atoms with Gasteiger partial charge in [0, 0.05) is 130 Å². The second-order valence-electron chi connectivity index (χ2n) is 30.4. The Bertz CT molecular complexity index is 7000. The van der Waals surface area contributed by atoms with Gasteiger partial charge in [0.15, 0.2) is 58.0 Å². The number of carbonyl (C=O) groups is 1. The average Bonchev–Trinajstić information content (AvgIpc) is 1.60. The van der Waals surface area contributed by atoms with Gasteiger partial charge in [-0.25, -0.2) is 59.0 Å². The molecule has 2 fully saturated rings. The molecule has 13 aromatic heterocycles. The lowest BCUT2D eigenvalue weighted by atomic mass is 10.1. The van der Waals surface area contributed by atoms with E-state index in [1.165, 1.54) is 57.4 Å². The number of furan rings is 1. The van der Waals surface area contributed by atoms with Crippen LogP contribution in [0, 0.1) is 13.8 Å². The van der Waals surface area contributed by atoms with E-state index in [-0.39, 0.29) is 38.4 Å². The molecular formula is C90H96N22O15S9. The van der Waals surface area contributed by atoms with Crippen LogP contribution in [-0.4, -0.2) is 256 Å². The smallest absolute Gasteiger partial charge is 0.318 e. The summed E-state index contributed by atoms with van der Waals surface area (Å²) in [5.74, 6) is 5.58. The molecule has 46 heteroatoms. The number of anilines is 2. The summed E-state index contributed by atoms with van der Waals surface area (Å²) < 4.78 is 114. The summed E-state index contributed by atoms with van der Waals surface area (Å²) in [6.07, 6.45) is 13.5. The van der Waals surface area contributed by atoms with Gasteiger partial charge in [-0.3, -0.25) is 31.2 Å². The first kappa shape index (κ1) is 98.7. The van der Waals surface area contributed by atoms with Gasteiger partial charge in [0.05, 0.1) is 123 Å². The third kappa shape index (κ3) is 24.0. The van der Waals surface area contributed by atoms with Crippen molar-refractivity contribution in [1.82, 2.24) is 94.2 Å². The number of benzene rings is 3. The molecule has 0 bridgehead atoms. The number of imidazole rings is 1. The molecule has 37 nitrogen and oxygen atoms in total. The number of methoxy groups -OCH3 is 4. The van der Waals surface area contributed by atoms with Gasteiger partial charge in [-0.15, -0.1) is 22.7 Å². The maximum absolute atomic E-state index is 12.6. The van der Waals surface area contributed by atoms with Crippen LogP contribution in [0.1, 0.15) is 80.3 Å². The summed E-state index contributed by atoms with van der Waals surface area (Å²) in [5.41, 5.74) is 17.3. The number of hydrogen-bond acceptors (Lipinski definition) is 39. The van der Waals surface area contributed by atoms with Crippen molar-refractivity contribution in [2.45, 2.75) is 97.4 Å². The number of nitrogen functional groups attached to an aromatic ring is 1. The normalized spacial score (nSPS) is 14.0. The van der Waals surface area contributed by atoms with Gasteiger partial charge in [-0.05, 0) is 94.5 Å². The van der Waals surface area contributed by atoms with Gasteiger partial charge in [0.25, 0.3) is 16.8 Å². The predicted octanol–water partition coefficient (Wildman–Crippen LogP) is 14.6. The van der Waals surface area contributed by atoms with Gasteiger partial charge in [0.2, 0.25) is 16.8 Å². The number of aryl methyl sites for hydroxylation is 2. The van der Waals surface area contributed by atoms with Crippen LogP contribution in [0.25, 0.3) is 116 Å². The van der Waals surface area contributed by atoms with Crippen molar-refractivity contribution in [2.24, 2.45) is 4.99 Å². The lowest BCUT2D eigenvalue weighted by Gasteiger charge is -2.28. The molecule has 16 aromatic rings. The van der Waals surface area contributed by atoms with Crippen LogP contribution in [0.3, 0.4) is 0 Å². The van der Waals surface area contributed by atoms with Crippen LogP contribution >= 0.6 is 45.3 Å². The van der Waals surface area contributed by atoms with Crippen LogP contribution in [0.4, 0.5) is 17.2 Å². The van der Waals surface area contributed by atoms with Gasteiger partial charge in [-0.1, -0.05) is 91.5 Å². The number of aliphatic imine (C=N–C) groups is 1. The summed E-state index contributed by atoms with van der Waals surface area (Å²) in [5, 5.41) is 6.88. The fraction of sp³-hybridized carbons (Fsp3) is 0.344. The first-order valence-electron chi connectivity index (χ1n) is 43.0. The first-order valence-corrected chi connectivity index (χ1v) is 52.9. The minimum Gasteiger partial charge on any atom is -0.491 e. The molecule has 2 aliphatic heterocycles. The Kier molecular flexibility index (Phi) is 34.0. The van der Waals surface area contributed by atoms with Gasteiger partial charge in [-0.2, -0.15) is 29.9 Å². The average molecular weight is 2010 g/mol. The third-order valence-corrected chi connectivity index (χ3v) is 31.6. The van der Waals surface area contributed by atoms with Crippen molar-refractivity contribution in [3.05, 3.63) is 156 Å². The Labute approximate surface area is 810 Å². The summed E-state index contributed by atoms with van der Waals surface area (Å²) >= 11 is 5.64. The third-order valence-electron chi connectivity index (χ3n) is 20.1. The SMILES string of the molecule is CCCS(=O)c1nc2c(-c3cccc(OCCOC)c3)nc(-n3cnc(C)c3)nc2s1.CCCS(=O)c1nc2c(C(=O)N(C)C)nc(-c3ccc(C)cc3)nc2o1.CCCS(=O)c1oc2nc(-c3nccs3)nc(-c3ccc(OCCOC)cc3)c2c1N.COCCS(=O)C1=Nc2c(nc(OC)nc2N2CCOCC2)C1.O=S(c1nc2c(-c3ccccn3)nc(-c3nccs3)nc2s1)C1CC1. The lowest BCUT2D eigenvalue weighted by molar-refractivity contribution is 0.0823. The van der Waals surface area contributed by atoms with Crippen LogP contribution in [0.15, 0.2) is 166 Å². The Balaban J connectivity index is 0.000000130. The highest BCUT2D eigenvalue weighted by molar-refractivity contribution is 8.00. The van der Waals surface area contributed by atoms with Crippen molar-refractivity contribution in [2.75, 3.05) is 136 Å². The molecule has 136 heavy (non-hydrogen) atoms. The topological polar surface area (TPSA) is 462 Å². The van der Waals surface area contributed by atoms with E-state index >= 15 is 0 Å². The molecule has 1 aliphatic carbocycles. The predicted molar refractivity (Wildman–Crippen MR) is 529 cm³/mol. The lowest BCUT2D eigenvalue weighted by Crippen LogP contribution is -2.37. The van der Waals surface area contributed by atoms with Crippen molar-refractivity contribution < 1.29 is 67.8 Å². The van der Waals surface area contributed by atoms with E-state index in [9.17, 15) is 25.8 Å². The van der Waals surface area contributed by atoms with Crippen LogP contribution < -0.4 is 24.8 Å². The number of thiazole rings is 4. The molecule has 2 N–H and O–H groups in total. The molecule has 1 saturated heterocycles. The van der Waals surface area contributed by atoms with Crippen LogP contribution in [0.5, 0.6) is 17.5 Å². The minimum absolute atomic E-state index is 0.0741. The van der Waals surface area contributed by atoms with Crippen molar-refractivity contribution in [1.29, 1.82) is 0 Å². The number of hydrogen-bond donors (Lipinski definition) is 1. The Morgan fingerprint density at radius 3 is 1.88 bits per heavy atom. The first-order chi connectivity index (χ1) is 66.1. The van der Waals surface area contributed by atoms with E-state index in [1.54, 1.807) is 64.9 Å². The minimum atomic E-state index is -1.37. The number of nitrogens with zero attached hydrogens (tertiary/aromatic N) is 21. The molecule has 5 atom stereocenters. The Hall–Kier alpha value is -11.8. The van der Waals surface area contributed by atoms with Crippen molar-refractivity contribution in [3.8, 4) is 90.4 Å². The number of ether oxygens (including phenoxy) is 7. The van der Waals surface area contributed by atoms with Crippen molar-refractivity contribution >= 4 is 171 Å². The zero-order valence-corrected chi connectivity index (χ0v) is 83.3. The van der Waals surface area contributed by atoms with E-state index in [0.717, 1.165) is 106 Å². The number of carbonyl (C=O) groups excluding carboxylic acids is 1. The van der Waals surface area contributed by atoms with Crippen LogP contribution in [-0.2, 0) is 79.4 Å². The molecule has 1 saturated carbocycles. The number of fused-ring (bicyclic) bond motifs is 5. The van der Waals surface area contributed by atoms with E-state index in [2.05, 4.69) is 84.7 Å². The summed E-state index contributed by atoms with van der Waals surface area (Å²) in [4.78, 5) is 98.5. The van der Waals surface area contributed by atoms with E-state index < -0.39 is 54.0 Å². The maximum atomic E-state index is 12.6. The second-order valence-corrected chi connectivity index (χ2v) is 42.2. The molecular weight excluding hydrogens is 1920 g/mol. The molecule has 3 aromatic carbocycles. The highest BCUT2D eigenvalue weighted by atomic mass is 32.2. The van der Waals surface area contributed by atoms with Crippen LogP contribution in [0.2, 0.25) is 0 Å². The molecule has 5 unspecified atom stereocenters. The molecule has 0 radical (unpaired) electrons. The number of nitrogens with two attached hydrogens (primary N) is 1. The second kappa shape index (κ2) is 46.8. The Morgan fingerprint density at radius 2 is 1.22 bits per heavy atom. The molecule has 1 amide bonds.